The van der Waals surface area contributed by atoms with Crippen molar-refractivity contribution in [2.24, 2.45) is 5.92 Å². The van der Waals surface area contributed by atoms with Crippen LogP contribution in [0.1, 0.15) is 48.5 Å². The number of benzene rings is 1. The molecule has 1 aromatic carbocycles. The third-order valence-corrected chi connectivity index (χ3v) is 4.34. The molecule has 1 fully saturated rings. The van der Waals surface area contributed by atoms with Crippen molar-refractivity contribution >= 4 is 11.7 Å². The molecule has 20 heavy (non-hydrogen) atoms. The summed E-state index contributed by atoms with van der Waals surface area (Å²) in [4.78, 5) is 11.3. The summed E-state index contributed by atoms with van der Waals surface area (Å²) in [6.07, 6.45) is 3.86. The number of aromatic carboxylic acids is 1. The largest absolute Gasteiger partial charge is 0.478 e. The fourth-order valence-corrected chi connectivity index (χ4v) is 2.87. The third kappa shape index (κ3) is 3.12. The minimum atomic E-state index is -0.940. The predicted octanol–water partition coefficient (Wildman–Crippen LogP) is 3.05. The number of aliphatic hydroxyl groups excluding tert-OH is 1. The van der Waals surface area contributed by atoms with Gasteiger partial charge in [0, 0.05) is 5.69 Å². The Morgan fingerprint density at radius 2 is 2.05 bits per heavy atom. The van der Waals surface area contributed by atoms with Gasteiger partial charge in [-0.2, -0.15) is 0 Å². The van der Waals surface area contributed by atoms with E-state index >= 15 is 0 Å². The van der Waals surface area contributed by atoms with Crippen molar-refractivity contribution in [1.29, 1.82) is 0 Å². The zero-order valence-corrected chi connectivity index (χ0v) is 12.1. The molecule has 0 radical (unpaired) electrons. The molecule has 0 unspecified atom stereocenters. The third-order valence-electron chi connectivity index (χ3n) is 4.34. The molecular formula is C16H23NO3. The van der Waals surface area contributed by atoms with Crippen molar-refractivity contribution in [2.45, 2.75) is 45.1 Å². The monoisotopic (exact) mass is 277 g/mol. The molecule has 0 atom stereocenters. The van der Waals surface area contributed by atoms with Crippen LogP contribution in [0.5, 0.6) is 0 Å². The van der Waals surface area contributed by atoms with Crippen molar-refractivity contribution in [3.8, 4) is 0 Å². The Morgan fingerprint density at radius 1 is 1.40 bits per heavy atom. The smallest absolute Gasteiger partial charge is 0.337 e. The fourth-order valence-electron chi connectivity index (χ4n) is 2.87. The van der Waals surface area contributed by atoms with Crippen LogP contribution in [0.4, 0.5) is 5.69 Å². The minimum Gasteiger partial charge on any atom is -0.478 e. The number of rotatable bonds is 4. The summed E-state index contributed by atoms with van der Waals surface area (Å²) in [6, 6.07) is 5.26. The normalized spacial score (nSPS) is 26.2. The van der Waals surface area contributed by atoms with E-state index in [4.69, 9.17) is 0 Å². The van der Waals surface area contributed by atoms with E-state index in [2.05, 4.69) is 12.2 Å². The van der Waals surface area contributed by atoms with Crippen LogP contribution in [0.25, 0.3) is 0 Å². The lowest BCUT2D eigenvalue weighted by atomic mass is 9.77. The van der Waals surface area contributed by atoms with Gasteiger partial charge in [-0.3, -0.25) is 0 Å². The highest BCUT2D eigenvalue weighted by molar-refractivity contribution is 5.94. The van der Waals surface area contributed by atoms with Gasteiger partial charge in [-0.1, -0.05) is 13.0 Å². The summed E-state index contributed by atoms with van der Waals surface area (Å²) < 4.78 is 0. The van der Waals surface area contributed by atoms with Crippen molar-refractivity contribution in [3.63, 3.8) is 0 Å². The maximum atomic E-state index is 11.3. The molecule has 0 spiro atoms. The van der Waals surface area contributed by atoms with Gasteiger partial charge < -0.3 is 15.5 Å². The van der Waals surface area contributed by atoms with Gasteiger partial charge in [0.2, 0.25) is 0 Å². The van der Waals surface area contributed by atoms with Gasteiger partial charge in [0.15, 0.2) is 0 Å². The Labute approximate surface area is 119 Å². The standard InChI is InChI=1S/C16H23NO3/c1-11-5-7-16(10-18,8-6-11)17-14-9-12(2)3-4-13(14)15(19)20/h3-4,9,11,17-18H,5-8,10H2,1-2H3,(H,19,20). The van der Waals surface area contributed by atoms with Gasteiger partial charge >= 0.3 is 5.97 Å². The van der Waals surface area contributed by atoms with E-state index in [1.54, 1.807) is 12.1 Å². The van der Waals surface area contributed by atoms with Gasteiger partial charge in [-0.15, -0.1) is 0 Å². The molecule has 0 aromatic heterocycles. The number of anilines is 1. The van der Waals surface area contributed by atoms with Crippen LogP contribution in [0.3, 0.4) is 0 Å². The molecule has 1 saturated carbocycles. The number of hydrogen-bond donors (Lipinski definition) is 3. The highest BCUT2D eigenvalue weighted by atomic mass is 16.4. The van der Waals surface area contributed by atoms with E-state index in [0.29, 0.717) is 11.6 Å². The van der Waals surface area contributed by atoms with Crippen LogP contribution in [0.15, 0.2) is 18.2 Å². The Balaban J connectivity index is 2.27. The summed E-state index contributed by atoms with van der Waals surface area (Å²) in [7, 11) is 0. The number of aliphatic hydroxyl groups is 1. The first-order chi connectivity index (χ1) is 9.46. The Kier molecular flexibility index (Phi) is 4.33. The van der Waals surface area contributed by atoms with E-state index in [-0.39, 0.29) is 17.7 Å². The Hall–Kier alpha value is -1.55. The highest BCUT2D eigenvalue weighted by Crippen LogP contribution is 2.35. The van der Waals surface area contributed by atoms with E-state index < -0.39 is 5.97 Å². The molecule has 1 aliphatic carbocycles. The lowest BCUT2D eigenvalue weighted by Gasteiger charge is -2.40. The molecule has 4 nitrogen and oxygen atoms in total. The number of carboxylic acids is 1. The molecule has 1 aromatic rings. The molecule has 110 valence electrons. The van der Waals surface area contributed by atoms with Gasteiger partial charge in [-0.05, 0) is 56.2 Å². The van der Waals surface area contributed by atoms with Crippen LogP contribution in [-0.2, 0) is 0 Å². The molecule has 3 N–H and O–H groups in total. The van der Waals surface area contributed by atoms with Gasteiger partial charge in [0.05, 0.1) is 17.7 Å². The van der Waals surface area contributed by atoms with Crippen molar-refractivity contribution < 1.29 is 15.0 Å². The summed E-state index contributed by atoms with van der Waals surface area (Å²) in [5, 5.41) is 22.4. The SMILES string of the molecule is Cc1ccc(C(=O)O)c(NC2(CO)CCC(C)CC2)c1. The molecule has 0 bridgehead atoms. The highest BCUT2D eigenvalue weighted by Gasteiger charge is 2.34. The molecule has 0 amide bonds. The molecule has 4 heteroatoms. The van der Waals surface area contributed by atoms with Crippen LogP contribution in [0.2, 0.25) is 0 Å². The zero-order valence-electron chi connectivity index (χ0n) is 12.1. The van der Waals surface area contributed by atoms with Crippen LogP contribution in [-0.4, -0.2) is 28.3 Å². The molecule has 0 heterocycles. The number of carboxylic acid groups (broad SMARTS) is 1. The average molecular weight is 277 g/mol. The number of aryl methyl sites for hydroxylation is 1. The maximum absolute atomic E-state index is 11.3. The van der Waals surface area contributed by atoms with Crippen LogP contribution in [0, 0.1) is 12.8 Å². The molecule has 0 aliphatic heterocycles. The first kappa shape index (κ1) is 14.9. The van der Waals surface area contributed by atoms with Crippen molar-refractivity contribution in [3.05, 3.63) is 29.3 Å². The average Bonchev–Trinajstić information content (AvgIpc) is 2.41. The second kappa shape index (κ2) is 5.83. The van der Waals surface area contributed by atoms with Crippen molar-refractivity contribution in [1.82, 2.24) is 0 Å². The van der Waals surface area contributed by atoms with Crippen molar-refractivity contribution in [2.75, 3.05) is 11.9 Å². The second-order valence-electron chi connectivity index (χ2n) is 6.10. The Bertz CT molecular complexity index is 490. The second-order valence-corrected chi connectivity index (χ2v) is 6.10. The minimum absolute atomic E-state index is 0.0344. The van der Waals surface area contributed by atoms with E-state index in [9.17, 15) is 15.0 Å². The summed E-state index contributed by atoms with van der Waals surface area (Å²) >= 11 is 0. The first-order valence-corrected chi connectivity index (χ1v) is 7.19. The molecule has 2 rings (SSSR count). The van der Waals surface area contributed by atoms with Gasteiger partial charge in [0.25, 0.3) is 0 Å². The number of nitrogens with one attached hydrogen (secondary N) is 1. The van der Waals surface area contributed by atoms with Gasteiger partial charge in [-0.25, -0.2) is 4.79 Å². The van der Waals surface area contributed by atoms with Gasteiger partial charge in [0.1, 0.15) is 0 Å². The number of carbonyl (C=O) groups is 1. The topological polar surface area (TPSA) is 69.6 Å². The Morgan fingerprint density at radius 3 is 2.60 bits per heavy atom. The summed E-state index contributed by atoms with van der Waals surface area (Å²) in [5.41, 5.74) is 1.50. The zero-order chi connectivity index (χ0) is 14.8. The number of hydrogen-bond acceptors (Lipinski definition) is 3. The maximum Gasteiger partial charge on any atom is 0.337 e. The van der Waals surface area contributed by atoms with E-state index in [1.807, 2.05) is 13.0 Å². The molecular weight excluding hydrogens is 254 g/mol. The lowest BCUT2D eigenvalue weighted by molar-refractivity contribution is 0.0697. The van der Waals surface area contributed by atoms with E-state index in [1.165, 1.54) is 0 Å². The van der Waals surface area contributed by atoms with Crippen LogP contribution >= 0.6 is 0 Å². The van der Waals surface area contributed by atoms with Crippen LogP contribution < -0.4 is 5.32 Å². The molecule has 1 aliphatic rings. The predicted molar refractivity (Wildman–Crippen MR) is 79.2 cm³/mol. The quantitative estimate of drug-likeness (QED) is 0.791. The lowest BCUT2D eigenvalue weighted by Crippen LogP contribution is -2.45. The summed E-state index contributed by atoms with van der Waals surface area (Å²) in [5.74, 6) is -0.266. The van der Waals surface area contributed by atoms with E-state index in [0.717, 1.165) is 31.2 Å². The summed E-state index contributed by atoms with van der Waals surface area (Å²) in [6.45, 7) is 4.19. The first-order valence-electron chi connectivity index (χ1n) is 7.19. The fraction of sp³-hybridized carbons (Fsp3) is 0.562. The molecule has 0 saturated heterocycles.